The van der Waals surface area contributed by atoms with Crippen molar-refractivity contribution in [2.45, 2.75) is 51.1 Å². The normalized spacial score (nSPS) is 58.2. The third-order valence-corrected chi connectivity index (χ3v) is 8.27. The van der Waals surface area contributed by atoms with Crippen LogP contribution in [0.25, 0.3) is 0 Å². The number of fused-ring (bicyclic) bond motifs is 2. The summed E-state index contributed by atoms with van der Waals surface area (Å²) in [6.07, 6.45) is 4.15. The molecule has 2 spiro atoms. The van der Waals surface area contributed by atoms with Crippen LogP contribution < -0.4 is 0 Å². The fourth-order valence-electron chi connectivity index (χ4n) is 7.41. The number of ether oxygens (including phenoxy) is 1. The molecular formula is C20H26O5. The Labute approximate surface area is 147 Å². The summed E-state index contributed by atoms with van der Waals surface area (Å²) in [7, 11) is 0. The molecule has 4 aliphatic carbocycles. The fraction of sp³-hybridized carbons (Fsp3) is 0.750. The first-order valence-electron chi connectivity index (χ1n) is 9.28. The molecule has 3 saturated carbocycles. The minimum atomic E-state index is -2.05. The highest BCUT2D eigenvalue weighted by Gasteiger charge is 2.85. The van der Waals surface area contributed by atoms with Crippen LogP contribution in [-0.4, -0.2) is 45.7 Å². The average Bonchev–Trinajstić information content (AvgIpc) is 2.66. The van der Waals surface area contributed by atoms with Crippen molar-refractivity contribution in [2.24, 2.45) is 34.0 Å². The number of allylic oxidation sites excluding steroid dienone is 1. The van der Waals surface area contributed by atoms with Gasteiger partial charge in [0.05, 0.1) is 12.7 Å². The molecule has 2 saturated heterocycles. The van der Waals surface area contributed by atoms with Gasteiger partial charge in [-0.25, -0.2) is 0 Å². The van der Waals surface area contributed by atoms with E-state index in [9.17, 15) is 20.1 Å². The number of ketones is 1. The molecule has 136 valence electrons. The number of carbonyl (C=O) groups excluding carboxylic acids is 1. The van der Waals surface area contributed by atoms with Gasteiger partial charge in [-0.15, -0.1) is 0 Å². The van der Waals surface area contributed by atoms with Crippen molar-refractivity contribution in [1.82, 2.24) is 0 Å². The Morgan fingerprint density at radius 2 is 1.96 bits per heavy atom. The first kappa shape index (κ1) is 16.2. The van der Waals surface area contributed by atoms with Crippen LogP contribution in [0, 0.1) is 34.0 Å². The zero-order valence-corrected chi connectivity index (χ0v) is 14.7. The van der Waals surface area contributed by atoms with Gasteiger partial charge in [-0.3, -0.25) is 4.79 Å². The zero-order valence-electron chi connectivity index (χ0n) is 14.7. The molecule has 0 aromatic carbocycles. The average molecular weight is 346 g/mol. The van der Waals surface area contributed by atoms with Gasteiger partial charge in [-0.05, 0) is 36.2 Å². The number of hydrogen-bond acceptors (Lipinski definition) is 5. The Morgan fingerprint density at radius 1 is 1.24 bits per heavy atom. The van der Waals surface area contributed by atoms with Crippen LogP contribution in [0.5, 0.6) is 0 Å². The van der Waals surface area contributed by atoms with Gasteiger partial charge in [-0.1, -0.05) is 32.6 Å². The van der Waals surface area contributed by atoms with Gasteiger partial charge in [0.15, 0.2) is 5.78 Å². The maximum absolute atomic E-state index is 13.3. The van der Waals surface area contributed by atoms with E-state index in [1.165, 1.54) is 0 Å². The van der Waals surface area contributed by atoms with Gasteiger partial charge in [-0.2, -0.15) is 0 Å². The van der Waals surface area contributed by atoms with Crippen LogP contribution in [0.3, 0.4) is 0 Å². The van der Waals surface area contributed by atoms with E-state index < -0.39 is 28.8 Å². The lowest BCUT2D eigenvalue weighted by Crippen LogP contribution is -2.83. The first-order chi connectivity index (χ1) is 11.6. The van der Waals surface area contributed by atoms with Crippen molar-refractivity contribution < 1.29 is 24.9 Å². The second-order valence-corrected chi connectivity index (χ2v) is 9.52. The smallest absolute Gasteiger partial charge is 0.208 e. The molecule has 4 bridgehead atoms. The van der Waals surface area contributed by atoms with Crippen LogP contribution in [0.2, 0.25) is 0 Å². The van der Waals surface area contributed by atoms with E-state index in [0.29, 0.717) is 12.0 Å². The standard InChI is InChI=1S/C20H26O5/c1-10-11-5-6-12-18-8-4-7-17(2,3)13(18)16(23)20(24,25-9-18)19(12,14(10)21)15(11)22/h4,8,11-13,15-16,22-24H,1,5-7,9H2,2-3H3/t11-,12?,13?,15+,16-,18+,19-,20?/m0/s1. The van der Waals surface area contributed by atoms with Gasteiger partial charge in [0.25, 0.3) is 0 Å². The lowest BCUT2D eigenvalue weighted by Gasteiger charge is -2.72. The molecule has 6 rings (SSSR count). The van der Waals surface area contributed by atoms with Gasteiger partial charge < -0.3 is 20.1 Å². The Bertz CT molecular complexity index is 726. The minimum Gasteiger partial charge on any atom is -0.391 e. The molecule has 3 unspecified atom stereocenters. The van der Waals surface area contributed by atoms with E-state index in [1.807, 2.05) is 0 Å². The third-order valence-electron chi connectivity index (χ3n) is 8.27. The summed E-state index contributed by atoms with van der Waals surface area (Å²) in [4.78, 5) is 13.3. The van der Waals surface area contributed by atoms with Gasteiger partial charge in [0.1, 0.15) is 11.5 Å². The highest BCUT2D eigenvalue weighted by Crippen LogP contribution is 2.75. The van der Waals surface area contributed by atoms with Crippen LogP contribution in [0.15, 0.2) is 24.3 Å². The molecule has 2 aliphatic heterocycles. The molecule has 2 heterocycles. The van der Waals surface area contributed by atoms with Crippen molar-refractivity contribution in [2.75, 3.05) is 6.61 Å². The predicted molar refractivity (Wildman–Crippen MR) is 89.2 cm³/mol. The number of carbonyl (C=O) groups is 1. The van der Waals surface area contributed by atoms with Gasteiger partial charge in [0.2, 0.25) is 5.79 Å². The number of aliphatic hydroxyl groups excluding tert-OH is 2. The molecule has 25 heavy (non-hydrogen) atoms. The second-order valence-electron chi connectivity index (χ2n) is 9.52. The first-order valence-corrected chi connectivity index (χ1v) is 9.28. The molecule has 6 aliphatic rings. The number of aliphatic hydroxyl groups is 3. The molecule has 5 nitrogen and oxygen atoms in total. The Balaban J connectivity index is 1.82. The van der Waals surface area contributed by atoms with E-state index in [1.54, 1.807) is 0 Å². The molecule has 0 amide bonds. The molecule has 8 atom stereocenters. The summed E-state index contributed by atoms with van der Waals surface area (Å²) in [6, 6.07) is 0. The van der Waals surface area contributed by atoms with Crippen molar-refractivity contribution in [3.63, 3.8) is 0 Å². The number of Topliss-reactive ketones (excluding diaryl/α,β-unsaturated/α-hetero) is 1. The lowest BCUT2D eigenvalue weighted by atomic mass is 9.37. The van der Waals surface area contributed by atoms with E-state index in [2.05, 4.69) is 32.6 Å². The topological polar surface area (TPSA) is 87.0 Å². The quantitative estimate of drug-likeness (QED) is 0.453. The van der Waals surface area contributed by atoms with Crippen LogP contribution >= 0.6 is 0 Å². The molecule has 3 N–H and O–H groups in total. The molecule has 0 aromatic heterocycles. The highest BCUT2D eigenvalue weighted by molar-refractivity contribution is 6.05. The predicted octanol–water partition coefficient (Wildman–Crippen LogP) is 1.18. The molecular weight excluding hydrogens is 320 g/mol. The maximum Gasteiger partial charge on any atom is 0.208 e. The third kappa shape index (κ3) is 1.37. The lowest BCUT2D eigenvalue weighted by molar-refractivity contribution is -0.436. The monoisotopic (exact) mass is 346 g/mol. The summed E-state index contributed by atoms with van der Waals surface area (Å²) in [6.45, 7) is 8.38. The molecule has 5 heteroatoms. The van der Waals surface area contributed by atoms with Crippen LogP contribution in [-0.2, 0) is 9.53 Å². The summed E-state index contributed by atoms with van der Waals surface area (Å²) in [5.41, 5.74) is -1.90. The van der Waals surface area contributed by atoms with Gasteiger partial charge >= 0.3 is 0 Å². The Morgan fingerprint density at radius 3 is 2.68 bits per heavy atom. The largest absolute Gasteiger partial charge is 0.391 e. The fourth-order valence-corrected chi connectivity index (χ4v) is 7.41. The summed E-state index contributed by atoms with van der Waals surface area (Å²) < 4.78 is 5.84. The van der Waals surface area contributed by atoms with E-state index >= 15 is 0 Å². The number of rotatable bonds is 0. The van der Waals surface area contributed by atoms with Crippen LogP contribution in [0.4, 0.5) is 0 Å². The minimum absolute atomic E-state index is 0.218. The van der Waals surface area contributed by atoms with Crippen molar-refractivity contribution in [3.05, 3.63) is 24.3 Å². The zero-order chi connectivity index (χ0) is 18.0. The summed E-state index contributed by atoms with van der Waals surface area (Å²) in [5.74, 6) is -3.19. The van der Waals surface area contributed by atoms with Crippen LogP contribution in [0.1, 0.15) is 33.1 Å². The molecule has 0 radical (unpaired) electrons. The van der Waals surface area contributed by atoms with Crippen molar-refractivity contribution >= 4 is 5.78 Å². The molecule has 5 fully saturated rings. The Kier molecular flexibility index (Phi) is 2.77. The SMILES string of the molecule is C=C1C(=O)[C@@]23C(CC[C@@H]1[C@H]2O)[C@]12C=CCC(C)(C)C1[C@H](O)C3(O)OC2. The van der Waals surface area contributed by atoms with Gasteiger partial charge in [0, 0.05) is 17.3 Å². The highest BCUT2D eigenvalue weighted by atomic mass is 16.6. The summed E-state index contributed by atoms with van der Waals surface area (Å²) in [5, 5.41) is 33.9. The Hall–Kier alpha value is -1.01. The van der Waals surface area contributed by atoms with Crippen molar-refractivity contribution in [3.8, 4) is 0 Å². The van der Waals surface area contributed by atoms with E-state index in [0.717, 1.165) is 12.8 Å². The second kappa shape index (κ2) is 4.28. The maximum atomic E-state index is 13.3. The van der Waals surface area contributed by atoms with E-state index in [4.69, 9.17) is 4.74 Å². The molecule has 0 aromatic rings. The van der Waals surface area contributed by atoms with Crippen molar-refractivity contribution in [1.29, 1.82) is 0 Å². The van der Waals surface area contributed by atoms with E-state index in [-0.39, 0.29) is 35.6 Å². The number of hydrogen-bond donors (Lipinski definition) is 3. The summed E-state index contributed by atoms with van der Waals surface area (Å²) >= 11 is 0.